The minimum absolute atomic E-state index is 0.104. The Bertz CT molecular complexity index is 503. The van der Waals surface area contributed by atoms with Crippen molar-refractivity contribution in [1.82, 2.24) is 9.47 Å². The van der Waals surface area contributed by atoms with E-state index >= 15 is 0 Å². The van der Waals surface area contributed by atoms with Gasteiger partial charge in [-0.3, -0.25) is 9.59 Å². The normalized spacial score (nSPS) is 22.4. The first-order valence-corrected chi connectivity index (χ1v) is 6.15. The van der Waals surface area contributed by atoms with Gasteiger partial charge >= 0.3 is 0 Å². The maximum atomic E-state index is 12.1. The number of hydrogen-bond acceptors (Lipinski definition) is 3. The van der Waals surface area contributed by atoms with E-state index in [-0.39, 0.29) is 11.5 Å². The minimum atomic E-state index is -0.167. The van der Waals surface area contributed by atoms with Crippen molar-refractivity contribution in [3.8, 4) is 0 Å². The molecule has 18 heavy (non-hydrogen) atoms. The van der Waals surface area contributed by atoms with E-state index in [9.17, 15) is 9.59 Å². The molecule has 5 heteroatoms. The van der Waals surface area contributed by atoms with Crippen LogP contribution in [0.5, 0.6) is 0 Å². The molecule has 1 aliphatic carbocycles. The third-order valence-corrected chi connectivity index (χ3v) is 3.50. The van der Waals surface area contributed by atoms with Gasteiger partial charge in [0.2, 0.25) is 0 Å². The number of carbonyl (C=O) groups is 1. The van der Waals surface area contributed by atoms with Gasteiger partial charge in [-0.1, -0.05) is 0 Å². The number of nitrogens with two attached hydrogens (primary N) is 1. The first-order chi connectivity index (χ1) is 8.47. The molecule has 2 rings (SSSR count). The number of carbonyl (C=O) groups excluding carboxylic acids is 1. The molecule has 5 nitrogen and oxygen atoms in total. The van der Waals surface area contributed by atoms with E-state index in [0.29, 0.717) is 24.1 Å². The van der Waals surface area contributed by atoms with Crippen molar-refractivity contribution >= 4 is 5.91 Å². The molecule has 1 aliphatic rings. The first kappa shape index (κ1) is 12.8. The van der Waals surface area contributed by atoms with E-state index in [0.717, 1.165) is 12.8 Å². The Hall–Kier alpha value is -1.62. The molecule has 1 aromatic heterocycles. The van der Waals surface area contributed by atoms with Crippen LogP contribution in [0.3, 0.4) is 0 Å². The molecular formula is C13H19N3O2. The van der Waals surface area contributed by atoms with E-state index in [2.05, 4.69) is 0 Å². The van der Waals surface area contributed by atoms with Crippen molar-refractivity contribution in [2.24, 2.45) is 18.7 Å². The van der Waals surface area contributed by atoms with Crippen LogP contribution in [0.1, 0.15) is 23.2 Å². The number of rotatable bonds is 3. The van der Waals surface area contributed by atoms with Crippen molar-refractivity contribution in [2.45, 2.75) is 18.9 Å². The maximum absolute atomic E-state index is 12.1. The van der Waals surface area contributed by atoms with Gasteiger partial charge < -0.3 is 15.2 Å². The number of hydrogen-bond donors (Lipinski definition) is 1. The second-order valence-corrected chi connectivity index (χ2v) is 5.15. The van der Waals surface area contributed by atoms with Crippen LogP contribution in [-0.2, 0) is 7.05 Å². The van der Waals surface area contributed by atoms with Gasteiger partial charge in [0.05, 0.1) is 0 Å². The standard InChI is InChI=1S/C13H19N3O2/c1-15-4-3-10(7-12(15)17)13(18)16(2)8-9-5-11(14)6-9/h3-4,7,9,11H,5-6,8,14H2,1-2H3. The Morgan fingerprint density at radius 2 is 2.22 bits per heavy atom. The van der Waals surface area contributed by atoms with E-state index in [4.69, 9.17) is 5.73 Å². The number of nitrogens with zero attached hydrogens (tertiary/aromatic N) is 2. The molecule has 1 amide bonds. The van der Waals surface area contributed by atoms with Crippen molar-refractivity contribution in [3.63, 3.8) is 0 Å². The van der Waals surface area contributed by atoms with Crippen LogP contribution in [0.15, 0.2) is 23.1 Å². The molecule has 1 heterocycles. The van der Waals surface area contributed by atoms with Crippen LogP contribution in [0.25, 0.3) is 0 Å². The Labute approximate surface area is 106 Å². The molecule has 0 aromatic carbocycles. The molecule has 0 spiro atoms. The quantitative estimate of drug-likeness (QED) is 0.831. The van der Waals surface area contributed by atoms with Crippen molar-refractivity contribution < 1.29 is 4.79 Å². The van der Waals surface area contributed by atoms with Crippen LogP contribution in [-0.4, -0.2) is 35.0 Å². The lowest BCUT2D eigenvalue weighted by Gasteiger charge is -2.35. The van der Waals surface area contributed by atoms with Crippen molar-refractivity contribution in [1.29, 1.82) is 0 Å². The summed E-state index contributed by atoms with van der Waals surface area (Å²) in [5, 5.41) is 0. The largest absolute Gasteiger partial charge is 0.341 e. The Kier molecular flexibility index (Phi) is 3.52. The summed E-state index contributed by atoms with van der Waals surface area (Å²) in [5.74, 6) is 0.397. The predicted molar refractivity (Wildman–Crippen MR) is 69.3 cm³/mol. The first-order valence-electron chi connectivity index (χ1n) is 6.15. The van der Waals surface area contributed by atoms with Gasteiger partial charge in [0.15, 0.2) is 0 Å². The zero-order valence-electron chi connectivity index (χ0n) is 10.8. The molecule has 0 radical (unpaired) electrons. The Balaban J connectivity index is 2.01. The highest BCUT2D eigenvalue weighted by atomic mass is 16.2. The van der Waals surface area contributed by atoms with E-state index in [1.807, 2.05) is 0 Å². The fourth-order valence-corrected chi connectivity index (χ4v) is 2.31. The monoisotopic (exact) mass is 249 g/mol. The molecule has 98 valence electrons. The fourth-order valence-electron chi connectivity index (χ4n) is 2.31. The van der Waals surface area contributed by atoms with Gasteiger partial charge in [-0.2, -0.15) is 0 Å². The van der Waals surface area contributed by atoms with Crippen LogP contribution in [0.2, 0.25) is 0 Å². The number of amides is 1. The van der Waals surface area contributed by atoms with E-state index in [1.54, 1.807) is 31.3 Å². The van der Waals surface area contributed by atoms with Gasteiger partial charge in [-0.05, 0) is 24.8 Å². The average molecular weight is 249 g/mol. The smallest absolute Gasteiger partial charge is 0.253 e. The highest BCUT2D eigenvalue weighted by molar-refractivity contribution is 5.93. The van der Waals surface area contributed by atoms with Crippen LogP contribution < -0.4 is 11.3 Å². The summed E-state index contributed by atoms with van der Waals surface area (Å²) in [5.41, 5.74) is 6.00. The molecule has 2 N–H and O–H groups in total. The van der Waals surface area contributed by atoms with Gasteiger partial charge in [-0.25, -0.2) is 0 Å². The summed E-state index contributed by atoms with van der Waals surface area (Å²) in [6.07, 6.45) is 3.57. The second-order valence-electron chi connectivity index (χ2n) is 5.15. The average Bonchev–Trinajstić information content (AvgIpc) is 2.29. The van der Waals surface area contributed by atoms with Crippen LogP contribution in [0, 0.1) is 5.92 Å². The SMILES string of the molecule is CN(CC1CC(N)C1)C(=O)c1ccn(C)c(=O)c1. The molecule has 1 aromatic rings. The lowest BCUT2D eigenvalue weighted by Crippen LogP contribution is -2.43. The molecule has 0 unspecified atom stereocenters. The van der Waals surface area contributed by atoms with Crippen molar-refractivity contribution in [2.75, 3.05) is 13.6 Å². The second kappa shape index (κ2) is 4.94. The third-order valence-electron chi connectivity index (χ3n) is 3.50. The number of pyridine rings is 1. The summed E-state index contributed by atoms with van der Waals surface area (Å²) in [6.45, 7) is 0.710. The zero-order valence-corrected chi connectivity index (χ0v) is 10.8. The molecular weight excluding hydrogens is 230 g/mol. The molecule has 0 saturated heterocycles. The molecule has 1 saturated carbocycles. The Morgan fingerprint density at radius 3 is 2.78 bits per heavy atom. The summed E-state index contributed by atoms with van der Waals surface area (Å²) in [4.78, 5) is 25.3. The number of aromatic nitrogens is 1. The summed E-state index contributed by atoms with van der Waals surface area (Å²) in [7, 11) is 3.43. The summed E-state index contributed by atoms with van der Waals surface area (Å²) in [6, 6.07) is 3.35. The predicted octanol–water partition coefficient (Wildman–Crippen LogP) is 0.195. The highest BCUT2D eigenvalue weighted by Gasteiger charge is 2.28. The van der Waals surface area contributed by atoms with Gasteiger partial charge in [-0.15, -0.1) is 0 Å². The third kappa shape index (κ3) is 2.61. The lowest BCUT2D eigenvalue weighted by atomic mass is 9.80. The van der Waals surface area contributed by atoms with Gasteiger partial charge in [0.1, 0.15) is 0 Å². The fraction of sp³-hybridized carbons (Fsp3) is 0.538. The van der Waals surface area contributed by atoms with Gasteiger partial charge in [0, 0.05) is 44.5 Å². The van der Waals surface area contributed by atoms with E-state index < -0.39 is 0 Å². The molecule has 1 fully saturated rings. The molecule has 0 aliphatic heterocycles. The lowest BCUT2D eigenvalue weighted by molar-refractivity contribution is 0.0734. The van der Waals surface area contributed by atoms with Crippen molar-refractivity contribution in [3.05, 3.63) is 34.2 Å². The minimum Gasteiger partial charge on any atom is -0.341 e. The van der Waals surface area contributed by atoms with E-state index in [1.165, 1.54) is 10.6 Å². The van der Waals surface area contributed by atoms with Crippen LogP contribution >= 0.6 is 0 Å². The summed E-state index contributed by atoms with van der Waals surface area (Å²) >= 11 is 0. The number of aryl methyl sites for hydroxylation is 1. The molecule has 0 bridgehead atoms. The highest BCUT2D eigenvalue weighted by Crippen LogP contribution is 2.26. The zero-order chi connectivity index (χ0) is 13.3. The van der Waals surface area contributed by atoms with Gasteiger partial charge in [0.25, 0.3) is 11.5 Å². The molecule has 0 atom stereocenters. The Morgan fingerprint density at radius 1 is 1.56 bits per heavy atom. The maximum Gasteiger partial charge on any atom is 0.253 e. The topological polar surface area (TPSA) is 68.3 Å². The summed E-state index contributed by atoms with van der Waals surface area (Å²) < 4.78 is 1.45. The van der Waals surface area contributed by atoms with Crippen LogP contribution in [0.4, 0.5) is 0 Å².